The maximum atomic E-state index is 13.5. The number of halogens is 1. The standard InChI is InChI=1S/C12H17FN4O3/c1-14-10-6-8(11(17(19)20)7-9(10)13)12(18)15-4-5-16(2)3/h6-7,14H,4-5H2,1-3H3,(H,15,18). The molecule has 0 heterocycles. The van der Waals surface area contributed by atoms with Crippen LogP contribution in [0.2, 0.25) is 0 Å². The van der Waals surface area contributed by atoms with E-state index in [0.717, 1.165) is 12.1 Å². The molecular weight excluding hydrogens is 267 g/mol. The number of nitro benzene ring substituents is 1. The van der Waals surface area contributed by atoms with Gasteiger partial charge in [0.1, 0.15) is 5.56 Å². The summed E-state index contributed by atoms with van der Waals surface area (Å²) in [6.45, 7) is 0.939. The van der Waals surface area contributed by atoms with Crippen LogP contribution in [0.3, 0.4) is 0 Å². The van der Waals surface area contributed by atoms with Crippen molar-refractivity contribution in [3.05, 3.63) is 33.6 Å². The fourth-order valence-corrected chi connectivity index (χ4v) is 1.58. The normalized spacial score (nSPS) is 10.4. The molecule has 0 saturated heterocycles. The van der Waals surface area contributed by atoms with E-state index in [1.165, 1.54) is 7.05 Å². The summed E-state index contributed by atoms with van der Waals surface area (Å²) < 4.78 is 13.5. The Kier molecular flexibility index (Phi) is 5.39. The van der Waals surface area contributed by atoms with Crippen LogP contribution >= 0.6 is 0 Å². The smallest absolute Gasteiger partial charge is 0.285 e. The highest BCUT2D eigenvalue weighted by atomic mass is 19.1. The van der Waals surface area contributed by atoms with Gasteiger partial charge in [0.2, 0.25) is 0 Å². The van der Waals surface area contributed by atoms with Gasteiger partial charge in [0.15, 0.2) is 5.82 Å². The van der Waals surface area contributed by atoms with E-state index in [9.17, 15) is 19.3 Å². The number of nitrogens with zero attached hydrogens (tertiary/aromatic N) is 2. The predicted molar refractivity (Wildman–Crippen MR) is 73.5 cm³/mol. The molecule has 0 bridgehead atoms. The van der Waals surface area contributed by atoms with Crippen LogP contribution in [-0.2, 0) is 0 Å². The largest absolute Gasteiger partial charge is 0.386 e. The molecule has 0 fully saturated rings. The Morgan fingerprint density at radius 3 is 2.60 bits per heavy atom. The van der Waals surface area contributed by atoms with Gasteiger partial charge in [-0.2, -0.15) is 0 Å². The SMILES string of the molecule is CNc1cc(C(=O)NCCN(C)C)c([N+](=O)[O-])cc1F. The molecule has 1 rings (SSSR count). The lowest BCUT2D eigenvalue weighted by Gasteiger charge is -2.11. The maximum absolute atomic E-state index is 13.5. The molecule has 110 valence electrons. The second kappa shape index (κ2) is 6.80. The minimum atomic E-state index is -0.774. The summed E-state index contributed by atoms with van der Waals surface area (Å²) in [4.78, 5) is 23.9. The van der Waals surface area contributed by atoms with Crippen molar-refractivity contribution in [1.29, 1.82) is 0 Å². The van der Waals surface area contributed by atoms with Crippen LogP contribution in [0.25, 0.3) is 0 Å². The first kappa shape index (κ1) is 15.8. The molecule has 0 aliphatic carbocycles. The zero-order chi connectivity index (χ0) is 15.3. The van der Waals surface area contributed by atoms with Gasteiger partial charge in [0.25, 0.3) is 11.6 Å². The number of hydrogen-bond donors (Lipinski definition) is 2. The quantitative estimate of drug-likeness (QED) is 0.602. The third-order valence-corrected chi connectivity index (χ3v) is 2.64. The van der Waals surface area contributed by atoms with Gasteiger partial charge in [-0.05, 0) is 20.2 Å². The molecule has 20 heavy (non-hydrogen) atoms. The molecule has 0 aliphatic heterocycles. The monoisotopic (exact) mass is 284 g/mol. The lowest BCUT2D eigenvalue weighted by atomic mass is 10.1. The summed E-state index contributed by atoms with van der Waals surface area (Å²) in [6.07, 6.45) is 0. The van der Waals surface area contributed by atoms with Crippen molar-refractivity contribution in [3.8, 4) is 0 Å². The molecule has 1 aromatic rings. The van der Waals surface area contributed by atoms with Crippen molar-refractivity contribution in [2.75, 3.05) is 39.5 Å². The molecule has 1 aromatic carbocycles. The Morgan fingerprint density at radius 2 is 2.10 bits per heavy atom. The molecule has 0 atom stereocenters. The van der Waals surface area contributed by atoms with Gasteiger partial charge in [0, 0.05) is 20.1 Å². The van der Waals surface area contributed by atoms with Crippen LogP contribution in [-0.4, -0.2) is 50.0 Å². The van der Waals surface area contributed by atoms with Crippen LogP contribution in [0.5, 0.6) is 0 Å². The Bertz CT molecular complexity index is 520. The fraction of sp³-hybridized carbons (Fsp3) is 0.417. The molecule has 0 unspecified atom stereocenters. The first-order valence-corrected chi connectivity index (χ1v) is 5.95. The van der Waals surface area contributed by atoms with Crippen LogP contribution in [0.1, 0.15) is 10.4 Å². The Labute approximate surface area is 115 Å². The van der Waals surface area contributed by atoms with Crippen LogP contribution in [0, 0.1) is 15.9 Å². The first-order valence-electron chi connectivity index (χ1n) is 5.95. The summed E-state index contributed by atoms with van der Waals surface area (Å²) in [7, 11) is 5.15. The average molecular weight is 284 g/mol. The van der Waals surface area contributed by atoms with Crippen molar-refractivity contribution < 1.29 is 14.1 Å². The second-order valence-corrected chi connectivity index (χ2v) is 4.42. The Balaban J connectivity index is 3.02. The van der Waals surface area contributed by atoms with Crippen LogP contribution in [0.4, 0.5) is 15.8 Å². The van der Waals surface area contributed by atoms with E-state index in [1.54, 1.807) is 0 Å². The Hall–Kier alpha value is -2.22. The predicted octanol–water partition coefficient (Wildman–Crippen LogP) is 1.07. The molecule has 7 nitrogen and oxygen atoms in total. The summed E-state index contributed by atoms with van der Waals surface area (Å²) in [5, 5.41) is 16.0. The minimum absolute atomic E-state index is 0.0355. The highest BCUT2D eigenvalue weighted by Gasteiger charge is 2.23. The van der Waals surface area contributed by atoms with Gasteiger partial charge >= 0.3 is 0 Å². The molecule has 1 amide bonds. The van der Waals surface area contributed by atoms with Gasteiger partial charge in [-0.3, -0.25) is 14.9 Å². The molecular formula is C12H17FN4O3. The number of amides is 1. The van der Waals surface area contributed by atoms with Crippen LogP contribution in [0.15, 0.2) is 12.1 Å². The van der Waals surface area contributed by atoms with Crippen molar-refractivity contribution in [2.24, 2.45) is 0 Å². The summed E-state index contributed by atoms with van der Waals surface area (Å²) in [5.41, 5.74) is -0.684. The second-order valence-electron chi connectivity index (χ2n) is 4.42. The molecule has 8 heteroatoms. The molecule has 2 N–H and O–H groups in total. The lowest BCUT2D eigenvalue weighted by molar-refractivity contribution is -0.385. The zero-order valence-electron chi connectivity index (χ0n) is 11.6. The van der Waals surface area contributed by atoms with E-state index in [2.05, 4.69) is 10.6 Å². The van der Waals surface area contributed by atoms with Gasteiger partial charge in [-0.25, -0.2) is 4.39 Å². The van der Waals surface area contributed by atoms with E-state index in [1.807, 2.05) is 19.0 Å². The van der Waals surface area contributed by atoms with E-state index in [-0.39, 0.29) is 11.3 Å². The number of carbonyl (C=O) groups is 1. The van der Waals surface area contributed by atoms with E-state index in [0.29, 0.717) is 13.1 Å². The number of nitrogens with one attached hydrogen (secondary N) is 2. The molecule has 0 spiro atoms. The summed E-state index contributed by atoms with van der Waals surface area (Å²) in [5.74, 6) is -1.38. The summed E-state index contributed by atoms with van der Waals surface area (Å²) in [6, 6.07) is 1.88. The molecule has 0 aliphatic rings. The van der Waals surface area contributed by atoms with Gasteiger partial charge in [-0.1, -0.05) is 0 Å². The van der Waals surface area contributed by atoms with E-state index < -0.39 is 22.3 Å². The number of rotatable bonds is 6. The number of nitro groups is 1. The third kappa shape index (κ3) is 3.89. The number of carbonyl (C=O) groups excluding carboxylic acids is 1. The summed E-state index contributed by atoms with van der Waals surface area (Å²) >= 11 is 0. The highest BCUT2D eigenvalue weighted by Crippen LogP contribution is 2.25. The average Bonchev–Trinajstić information content (AvgIpc) is 2.37. The maximum Gasteiger partial charge on any atom is 0.285 e. The van der Waals surface area contributed by atoms with E-state index >= 15 is 0 Å². The Morgan fingerprint density at radius 1 is 1.45 bits per heavy atom. The highest BCUT2D eigenvalue weighted by molar-refractivity contribution is 5.99. The number of benzene rings is 1. The van der Waals surface area contributed by atoms with Crippen molar-refractivity contribution in [1.82, 2.24) is 10.2 Å². The fourth-order valence-electron chi connectivity index (χ4n) is 1.58. The van der Waals surface area contributed by atoms with E-state index in [4.69, 9.17) is 0 Å². The van der Waals surface area contributed by atoms with Gasteiger partial charge in [0.05, 0.1) is 16.7 Å². The van der Waals surface area contributed by atoms with Gasteiger partial charge < -0.3 is 15.5 Å². The number of likely N-dealkylation sites (N-methyl/N-ethyl adjacent to an activating group) is 1. The molecule has 0 radical (unpaired) electrons. The lowest BCUT2D eigenvalue weighted by Crippen LogP contribution is -2.31. The third-order valence-electron chi connectivity index (χ3n) is 2.64. The van der Waals surface area contributed by atoms with Crippen molar-refractivity contribution >= 4 is 17.3 Å². The van der Waals surface area contributed by atoms with Crippen molar-refractivity contribution in [2.45, 2.75) is 0 Å². The molecule has 0 aromatic heterocycles. The van der Waals surface area contributed by atoms with Gasteiger partial charge in [-0.15, -0.1) is 0 Å². The van der Waals surface area contributed by atoms with Crippen LogP contribution < -0.4 is 10.6 Å². The zero-order valence-corrected chi connectivity index (χ0v) is 11.6. The minimum Gasteiger partial charge on any atom is -0.386 e. The number of anilines is 1. The molecule has 0 saturated carbocycles. The van der Waals surface area contributed by atoms with Crippen molar-refractivity contribution in [3.63, 3.8) is 0 Å². The number of hydrogen-bond acceptors (Lipinski definition) is 5. The first-order chi connectivity index (χ1) is 9.36. The topological polar surface area (TPSA) is 87.5 Å².